The summed E-state index contributed by atoms with van der Waals surface area (Å²) in [6.07, 6.45) is 2.22. The highest BCUT2D eigenvalue weighted by Crippen LogP contribution is 2.27. The third-order valence-electron chi connectivity index (χ3n) is 4.69. The van der Waals surface area contributed by atoms with Crippen LogP contribution in [0.15, 0.2) is 54.6 Å². The normalized spacial score (nSPS) is 17.3. The van der Waals surface area contributed by atoms with Crippen molar-refractivity contribution in [2.24, 2.45) is 0 Å². The molecule has 0 spiro atoms. The van der Waals surface area contributed by atoms with Crippen LogP contribution in [0.25, 0.3) is 0 Å². The van der Waals surface area contributed by atoms with Crippen LogP contribution in [0.4, 0.5) is 0 Å². The lowest BCUT2D eigenvalue weighted by Crippen LogP contribution is -2.45. The second-order valence-corrected chi connectivity index (χ2v) is 6.04. The van der Waals surface area contributed by atoms with Crippen LogP contribution in [0, 0.1) is 0 Å². The lowest BCUT2D eigenvalue weighted by atomic mass is 9.93. The molecule has 0 aromatic heterocycles. The maximum Gasteiger partial charge on any atom is 0.0389 e. The van der Waals surface area contributed by atoms with Crippen molar-refractivity contribution < 1.29 is 0 Å². The zero-order chi connectivity index (χ0) is 15.2. The van der Waals surface area contributed by atoms with E-state index in [4.69, 9.17) is 0 Å². The molecule has 1 unspecified atom stereocenters. The molecule has 2 aromatic carbocycles. The second-order valence-electron chi connectivity index (χ2n) is 6.04. The quantitative estimate of drug-likeness (QED) is 0.909. The molecule has 1 saturated heterocycles. The zero-order valence-corrected chi connectivity index (χ0v) is 13.5. The first-order valence-corrected chi connectivity index (χ1v) is 8.45. The molecule has 0 bridgehead atoms. The van der Waals surface area contributed by atoms with Crippen LogP contribution in [0.1, 0.15) is 29.7 Å². The van der Waals surface area contributed by atoms with Crippen LogP contribution in [-0.2, 0) is 12.8 Å². The van der Waals surface area contributed by atoms with E-state index in [-0.39, 0.29) is 0 Å². The number of nitrogens with one attached hydrogen (secondary N) is 1. The molecule has 1 N–H and O–H groups in total. The van der Waals surface area contributed by atoms with Crippen molar-refractivity contribution in [2.75, 3.05) is 26.2 Å². The molecule has 1 atom stereocenters. The smallest absolute Gasteiger partial charge is 0.0389 e. The Bertz CT molecular complexity index is 573. The maximum atomic E-state index is 3.47. The number of benzene rings is 2. The monoisotopic (exact) mass is 294 g/mol. The summed E-state index contributed by atoms with van der Waals surface area (Å²) in [5.41, 5.74) is 4.42. The third-order valence-corrected chi connectivity index (χ3v) is 4.69. The van der Waals surface area contributed by atoms with Crippen molar-refractivity contribution in [3.8, 4) is 0 Å². The van der Waals surface area contributed by atoms with Gasteiger partial charge in [0.25, 0.3) is 0 Å². The van der Waals surface area contributed by atoms with Gasteiger partial charge in [0.15, 0.2) is 0 Å². The molecule has 0 saturated carbocycles. The van der Waals surface area contributed by atoms with E-state index in [1.807, 2.05) is 0 Å². The van der Waals surface area contributed by atoms with E-state index < -0.39 is 0 Å². The van der Waals surface area contributed by atoms with Crippen molar-refractivity contribution in [3.05, 3.63) is 71.3 Å². The molecule has 0 aliphatic carbocycles. The average molecular weight is 294 g/mol. The minimum absolute atomic E-state index is 0.482. The number of hydrogen-bond donors (Lipinski definition) is 1. The summed E-state index contributed by atoms with van der Waals surface area (Å²) in [7, 11) is 0. The Morgan fingerprint density at radius 1 is 0.909 bits per heavy atom. The lowest BCUT2D eigenvalue weighted by molar-refractivity contribution is 0.172. The van der Waals surface area contributed by atoms with Crippen LogP contribution in [-0.4, -0.2) is 31.1 Å². The topological polar surface area (TPSA) is 15.3 Å². The molecule has 116 valence electrons. The summed E-state index contributed by atoms with van der Waals surface area (Å²) in [5.74, 6) is 0. The Morgan fingerprint density at radius 2 is 1.55 bits per heavy atom. The summed E-state index contributed by atoms with van der Waals surface area (Å²) in [4.78, 5) is 2.64. The fraction of sp³-hybridized carbons (Fsp3) is 0.400. The van der Waals surface area contributed by atoms with Gasteiger partial charge >= 0.3 is 0 Å². The van der Waals surface area contributed by atoms with Gasteiger partial charge in [0.2, 0.25) is 0 Å². The molecule has 2 aromatic rings. The first-order chi connectivity index (χ1) is 10.9. The standard InChI is InChI=1S/C20H26N2/c1-2-17-8-6-7-11-19(17)16-20(18-9-4-3-5-10-18)22-14-12-21-13-15-22/h3-11,20-21H,2,12-16H2,1H3. The van der Waals surface area contributed by atoms with E-state index in [0.29, 0.717) is 6.04 Å². The lowest BCUT2D eigenvalue weighted by Gasteiger charge is -2.35. The van der Waals surface area contributed by atoms with Gasteiger partial charge in [-0.3, -0.25) is 4.90 Å². The molecule has 0 amide bonds. The summed E-state index contributed by atoms with van der Waals surface area (Å²) in [5, 5.41) is 3.47. The molecule has 1 aliphatic rings. The Kier molecular flexibility index (Phi) is 5.25. The molecule has 2 nitrogen and oxygen atoms in total. The molecule has 1 heterocycles. The van der Waals surface area contributed by atoms with Gasteiger partial charge in [-0.05, 0) is 29.5 Å². The summed E-state index contributed by atoms with van der Waals surface area (Å²) in [6.45, 7) is 6.71. The van der Waals surface area contributed by atoms with Crippen molar-refractivity contribution in [1.29, 1.82) is 0 Å². The van der Waals surface area contributed by atoms with Gasteiger partial charge in [0, 0.05) is 32.2 Å². The van der Waals surface area contributed by atoms with E-state index in [2.05, 4.69) is 71.7 Å². The van der Waals surface area contributed by atoms with Gasteiger partial charge in [0.05, 0.1) is 0 Å². The highest BCUT2D eigenvalue weighted by Gasteiger charge is 2.22. The molecule has 22 heavy (non-hydrogen) atoms. The number of nitrogens with zero attached hydrogens (tertiary/aromatic N) is 1. The second kappa shape index (κ2) is 7.57. The van der Waals surface area contributed by atoms with Crippen molar-refractivity contribution in [2.45, 2.75) is 25.8 Å². The van der Waals surface area contributed by atoms with E-state index in [9.17, 15) is 0 Å². The van der Waals surface area contributed by atoms with Crippen LogP contribution >= 0.6 is 0 Å². The highest BCUT2D eigenvalue weighted by molar-refractivity contribution is 5.30. The van der Waals surface area contributed by atoms with Crippen molar-refractivity contribution >= 4 is 0 Å². The predicted molar refractivity (Wildman–Crippen MR) is 93.1 cm³/mol. The zero-order valence-electron chi connectivity index (χ0n) is 13.5. The third kappa shape index (κ3) is 3.57. The van der Waals surface area contributed by atoms with Gasteiger partial charge in [-0.15, -0.1) is 0 Å². The van der Waals surface area contributed by atoms with Crippen LogP contribution in [0.5, 0.6) is 0 Å². The van der Waals surface area contributed by atoms with E-state index in [1.165, 1.54) is 16.7 Å². The van der Waals surface area contributed by atoms with Gasteiger partial charge in [0.1, 0.15) is 0 Å². The van der Waals surface area contributed by atoms with Gasteiger partial charge < -0.3 is 5.32 Å². The van der Waals surface area contributed by atoms with Gasteiger partial charge in [-0.25, -0.2) is 0 Å². The fourth-order valence-corrected chi connectivity index (χ4v) is 3.44. The molecule has 1 aliphatic heterocycles. The predicted octanol–water partition coefficient (Wildman–Crippen LogP) is 3.44. The summed E-state index contributed by atoms with van der Waals surface area (Å²) < 4.78 is 0. The first kappa shape index (κ1) is 15.3. The Labute approximate surface area is 134 Å². The number of piperazine rings is 1. The first-order valence-electron chi connectivity index (χ1n) is 8.45. The maximum absolute atomic E-state index is 3.47. The largest absolute Gasteiger partial charge is 0.314 e. The van der Waals surface area contributed by atoms with E-state index in [1.54, 1.807) is 0 Å². The fourth-order valence-electron chi connectivity index (χ4n) is 3.44. The van der Waals surface area contributed by atoms with Crippen molar-refractivity contribution in [3.63, 3.8) is 0 Å². The molecule has 0 radical (unpaired) electrons. The van der Waals surface area contributed by atoms with Crippen LogP contribution in [0.3, 0.4) is 0 Å². The van der Waals surface area contributed by atoms with E-state index in [0.717, 1.165) is 39.0 Å². The number of rotatable bonds is 5. The minimum atomic E-state index is 0.482. The minimum Gasteiger partial charge on any atom is -0.314 e. The van der Waals surface area contributed by atoms with Gasteiger partial charge in [-0.1, -0.05) is 61.5 Å². The molecule has 2 heteroatoms. The summed E-state index contributed by atoms with van der Waals surface area (Å²) >= 11 is 0. The Hall–Kier alpha value is -1.64. The molecule has 3 rings (SSSR count). The van der Waals surface area contributed by atoms with Crippen LogP contribution < -0.4 is 5.32 Å². The molecular formula is C20H26N2. The summed E-state index contributed by atoms with van der Waals surface area (Å²) in [6, 6.07) is 20.4. The van der Waals surface area contributed by atoms with Crippen molar-refractivity contribution in [1.82, 2.24) is 10.2 Å². The molecular weight excluding hydrogens is 268 g/mol. The average Bonchev–Trinajstić information content (AvgIpc) is 2.61. The SMILES string of the molecule is CCc1ccccc1CC(c1ccccc1)N1CCNCC1. The Balaban J connectivity index is 1.88. The van der Waals surface area contributed by atoms with Gasteiger partial charge in [-0.2, -0.15) is 0 Å². The number of aryl methyl sites for hydroxylation is 1. The van der Waals surface area contributed by atoms with Crippen LogP contribution in [0.2, 0.25) is 0 Å². The molecule has 1 fully saturated rings. The Morgan fingerprint density at radius 3 is 2.23 bits per heavy atom. The highest BCUT2D eigenvalue weighted by atomic mass is 15.2. The van der Waals surface area contributed by atoms with E-state index >= 15 is 0 Å². The number of hydrogen-bond acceptors (Lipinski definition) is 2.